The number of rotatable bonds is 2. The number of hydrogen-bond acceptors (Lipinski definition) is 3. The summed E-state index contributed by atoms with van der Waals surface area (Å²) in [6, 6.07) is 5.18. The number of benzene rings is 1. The number of halogens is 1. The molecule has 20 heavy (non-hydrogen) atoms. The number of hydrogen-bond donors (Lipinski definition) is 1. The number of piperidine rings is 1. The zero-order valence-electron chi connectivity index (χ0n) is 11.5. The molecular weight excluding hydrogens is 274 g/mol. The highest BCUT2D eigenvalue weighted by Gasteiger charge is 2.17. The normalized spacial score (nSPS) is 20.4. The fraction of sp³-hybridized carbons (Fsp3) is 0.467. The van der Waals surface area contributed by atoms with Crippen LogP contribution in [-0.2, 0) is 6.54 Å². The summed E-state index contributed by atoms with van der Waals surface area (Å²) in [6.45, 7) is 5.10. The molecule has 0 amide bonds. The van der Waals surface area contributed by atoms with E-state index < -0.39 is 0 Å². The van der Waals surface area contributed by atoms with Crippen molar-refractivity contribution in [2.45, 2.75) is 26.3 Å². The lowest BCUT2D eigenvalue weighted by Gasteiger charge is -2.30. The standard InChI is InChI=1S/C15H18ClN3O/c1-10-3-2-6-19(8-10)9-14-17-13-7-11(16)4-5-12(13)15(20)18-14/h4-5,7,10H,2-3,6,8-9H2,1H3,(H,17,18,20)/t10-/m0/s1. The number of nitrogens with one attached hydrogen (secondary N) is 1. The summed E-state index contributed by atoms with van der Waals surface area (Å²) in [7, 11) is 0. The smallest absolute Gasteiger partial charge is 0.258 e. The number of aromatic nitrogens is 2. The maximum atomic E-state index is 12.1. The van der Waals surface area contributed by atoms with Crippen LogP contribution in [0.25, 0.3) is 10.9 Å². The number of H-pyrrole nitrogens is 1. The van der Waals surface area contributed by atoms with Crippen molar-refractivity contribution in [1.29, 1.82) is 0 Å². The second-order valence-electron chi connectivity index (χ2n) is 5.66. The summed E-state index contributed by atoms with van der Waals surface area (Å²) >= 11 is 5.97. The Balaban J connectivity index is 1.90. The molecule has 2 heterocycles. The topological polar surface area (TPSA) is 49.0 Å². The third-order valence-electron chi connectivity index (χ3n) is 3.83. The molecule has 0 saturated carbocycles. The van der Waals surface area contributed by atoms with Crippen molar-refractivity contribution in [1.82, 2.24) is 14.9 Å². The van der Waals surface area contributed by atoms with Crippen LogP contribution in [0.5, 0.6) is 0 Å². The molecule has 0 unspecified atom stereocenters. The van der Waals surface area contributed by atoms with Crippen LogP contribution in [0, 0.1) is 5.92 Å². The maximum absolute atomic E-state index is 12.1. The first-order valence-electron chi connectivity index (χ1n) is 7.02. The zero-order chi connectivity index (χ0) is 14.1. The average Bonchev–Trinajstić information content (AvgIpc) is 2.38. The maximum Gasteiger partial charge on any atom is 0.258 e. The van der Waals surface area contributed by atoms with Crippen LogP contribution in [0.4, 0.5) is 0 Å². The van der Waals surface area contributed by atoms with Crippen LogP contribution >= 0.6 is 11.6 Å². The summed E-state index contributed by atoms with van der Waals surface area (Å²) in [6.07, 6.45) is 2.50. The largest absolute Gasteiger partial charge is 0.309 e. The van der Waals surface area contributed by atoms with Gasteiger partial charge >= 0.3 is 0 Å². The van der Waals surface area contributed by atoms with Gasteiger partial charge in [-0.25, -0.2) is 4.98 Å². The van der Waals surface area contributed by atoms with E-state index in [4.69, 9.17) is 11.6 Å². The Kier molecular flexibility index (Phi) is 3.76. The monoisotopic (exact) mass is 291 g/mol. The minimum atomic E-state index is -0.0910. The second-order valence-corrected chi connectivity index (χ2v) is 6.09. The Labute approximate surface area is 122 Å². The van der Waals surface area contributed by atoms with Gasteiger partial charge < -0.3 is 4.98 Å². The molecule has 1 aliphatic rings. The molecule has 1 saturated heterocycles. The van der Waals surface area contributed by atoms with Crippen molar-refractivity contribution in [3.8, 4) is 0 Å². The van der Waals surface area contributed by atoms with Gasteiger partial charge in [-0.05, 0) is 43.5 Å². The lowest BCUT2D eigenvalue weighted by molar-refractivity contribution is 0.173. The van der Waals surface area contributed by atoms with Crippen LogP contribution in [0.3, 0.4) is 0 Å². The summed E-state index contributed by atoms with van der Waals surface area (Å²) in [4.78, 5) is 21.8. The molecule has 1 atom stereocenters. The zero-order valence-corrected chi connectivity index (χ0v) is 12.3. The summed E-state index contributed by atoms with van der Waals surface area (Å²) in [5, 5.41) is 1.19. The van der Waals surface area contributed by atoms with E-state index in [1.165, 1.54) is 12.8 Å². The van der Waals surface area contributed by atoms with Gasteiger partial charge in [-0.1, -0.05) is 18.5 Å². The Morgan fingerprint density at radius 3 is 3.15 bits per heavy atom. The predicted molar refractivity (Wildman–Crippen MR) is 81.0 cm³/mol. The van der Waals surface area contributed by atoms with Crippen LogP contribution < -0.4 is 5.56 Å². The van der Waals surface area contributed by atoms with E-state index in [1.54, 1.807) is 18.2 Å². The molecule has 2 aromatic rings. The van der Waals surface area contributed by atoms with Crippen LogP contribution in [0.1, 0.15) is 25.6 Å². The molecule has 1 fully saturated rings. The van der Waals surface area contributed by atoms with Gasteiger partial charge in [0.25, 0.3) is 5.56 Å². The lowest BCUT2D eigenvalue weighted by atomic mass is 10.0. The van der Waals surface area contributed by atoms with E-state index >= 15 is 0 Å². The SMILES string of the molecule is C[C@H]1CCCN(Cc2nc3cc(Cl)ccc3c(=O)[nH]2)C1. The number of nitrogens with zero attached hydrogens (tertiary/aromatic N) is 2. The van der Waals surface area contributed by atoms with Gasteiger partial charge in [0.05, 0.1) is 17.4 Å². The van der Waals surface area contributed by atoms with Gasteiger partial charge in [-0.15, -0.1) is 0 Å². The number of fused-ring (bicyclic) bond motifs is 1. The van der Waals surface area contributed by atoms with Gasteiger partial charge in [0.1, 0.15) is 5.82 Å². The Morgan fingerprint density at radius 1 is 1.50 bits per heavy atom. The van der Waals surface area contributed by atoms with E-state index in [0.717, 1.165) is 18.9 Å². The molecule has 0 spiro atoms. The molecule has 3 rings (SSSR count). The summed E-state index contributed by atoms with van der Waals surface area (Å²) in [5.41, 5.74) is 0.577. The fourth-order valence-corrected chi connectivity index (χ4v) is 3.04. The van der Waals surface area contributed by atoms with Crippen molar-refractivity contribution in [3.05, 3.63) is 39.4 Å². The van der Waals surface area contributed by atoms with Gasteiger partial charge in [-0.2, -0.15) is 0 Å². The molecule has 0 bridgehead atoms. The number of aromatic amines is 1. The van der Waals surface area contributed by atoms with Crippen molar-refractivity contribution >= 4 is 22.5 Å². The summed E-state index contributed by atoms with van der Waals surface area (Å²) in [5.74, 6) is 1.43. The number of likely N-dealkylation sites (tertiary alicyclic amines) is 1. The van der Waals surface area contributed by atoms with E-state index in [2.05, 4.69) is 21.8 Å². The molecule has 4 nitrogen and oxygen atoms in total. The van der Waals surface area contributed by atoms with Crippen LogP contribution in [0.2, 0.25) is 5.02 Å². The molecule has 1 aromatic carbocycles. The third kappa shape index (κ3) is 2.86. The van der Waals surface area contributed by atoms with Gasteiger partial charge in [0.15, 0.2) is 0 Å². The Morgan fingerprint density at radius 2 is 2.35 bits per heavy atom. The van der Waals surface area contributed by atoms with Crippen LogP contribution in [0.15, 0.2) is 23.0 Å². The van der Waals surface area contributed by atoms with Gasteiger partial charge in [-0.3, -0.25) is 9.69 Å². The molecule has 1 aromatic heterocycles. The second kappa shape index (κ2) is 5.54. The van der Waals surface area contributed by atoms with Gasteiger partial charge in [0.2, 0.25) is 0 Å². The van der Waals surface area contributed by atoms with Crippen molar-refractivity contribution in [3.63, 3.8) is 0 Å². The Bertz CT molecular complexity index is 682. The molecule has 1 aliphatic heterocycles. The van der Waals surface area contributed by atoms with E-state index in [-0.39, 0.29) is 5.56 Å². The van der Waals surface area contributed by atoms with Crippen LogP contribution in [-0.4, -0.2) is 28.0 Å². The minimum Gasteiger partial charge on any atom is -0.309 e. The highest BCUT2D eigenvalue weighted by atomic mass is 35.5. The predicted octanol–water partition coefficient (Wildman–Crippen LogP) is 2.81. The third-order valence-corrected chi connectivity index (χ3v) is 4.07. The minimum absolute atomic E-state index is 0.0910. The Hall–Kier alpha value is -1.39. The lowest BCUT2D eigenvalue weighted by Crippen LogP contribution is -2.34. The first kappa shape index (κ1) is 13.6. The molecule has 0 aliphatic carbocycles. The van der Waals surface area contributed by atoms with E-state index in [0.29, 0.717) is 28.4 Å². The summed E-state index contributed by atoms with van der Waals surface area (Å²) < 4.78 is 0. The van der Waals surface area contributed by atoms with Crippen molar-refractivity contribution in [2.24, 2.45) is 5.92 Å². The van der Waals surface area contributed by atoms with Crippen molar-refractivity contribution < 1.29 is 0 Å². The van der Waals surface area contributed by atoms with E-state index in [9.17, 15) is 4.79 Å². The highest BCUT2D eigenvalue weighted by molar-refractivity contribution is 6.31. The first-order chi connectivity index (χ1) is 9.61. The molecule has 5 heteroatoms. The van der Waals surface area contributed by atoms with E-state index in [1.807, 2.05) is 0 Å². The molecule has 0 radical (unpaired) electrons. The van der Waals surface area contributed by atoms with Gasteiger partial charge in [0, 0.05) is 11.6 Å². The van der Waals surface area contributed by atoms with Crippen molar-refractivity contribution in [2.75, 3.05) is 13.1 Å². The first-order valence-corrected chi connectivity index (χ1v) is 7.40. The molecular formula is C15H18ClN3O. The average molecular weight is 292 g/mol. The quantitative estimate of drug-likeness (QED) is 0.925. The highest BCUT2D eigenvalue weighted by Crippen LogP contribution is 2.18. The molecule has 106 valence electrons. The fourth-order valence-electron chi connectivity index (χ4n) is 2.88. The molecule has 1 N–H and O–H groups in total.